The summed E-state index contributed by atoms with van der Waals surface area (Å²) in [6, 6.07) is 1.52. The topological polar surface area (TPSA) is 98.7 Å². The zero-order valence-electron chi connectivity index (χ0n) is 16.9. The number of fused-ring (bicyclic) bond motifs is 1. The van der Waals surface area contributed by atoms with Gasteiger partial charge in [-0.25, -0.2) is 0 Å². The highest BCUT2D eigenvalue weighted by Gasteiger charge is 2.32. The summed E-state index contributed by atoms with van der Waals surface area (Å²) in [6.45, 7) is 4.24. The Hall–Kier alpha value is -1.78. The van der Waals surface area contributed by atoms with Crippen molar-refractivity contribution in [2.75, 3.05) is 59.7 Å². The van der Waals surface area contributed by atoms with Crippen LogP contribution in [0, 0.1) is 5.92 Å². The van der Waals surface area contributed by atoms with E-state index >= 15 is 0 Å². The van der Waals surface area contributed by atoms with E-state index in [1.54, 1.807) is 0 Å². The van der Waals surface area contributed by atoms with E-state index in [-0.39, 0.29) is 28.7 Å². The van der Waals surface area contributed by atoms with E-state index in [1.165, 1.54) is 13.2 Å². The number of rotatable bonds is 6. The number of piperidine rings is 1. The molecule has 0 aliphatic carbocycles. The van der Waals surface area contributed by atoms with Crippen molar-refractivity contribution in [1.82, 2.24) is 10.2 Å². The van der Waals surface area contributed by atoms with E-state index in [1.807, 2.05) is 0 Å². The first-order valence-electron chi connectivity index (χ1n) is 10.1. The molecule has 0 spiro atoms. The minimum Gasteiger partial charge on any atom is -0.491 e. The first-order chi connectivity index (χ1) is 14.6. The number of nitrogens with one attached hydrogen (secondary N) is 1. The maximum atomic E-state index is 12.8. The monoisotopic (exact) mass is 442 g/mol. The van der Waals surface area contributed by atoms with Gasteiger partial charge in [-0.15, -0.1) is 0 Å². The third-order valence-electron chi connectivity index (χ3n) is 5.60. The van der Waals surface area contributed by atoms with Crippen LogP contribution in [0.25, 0.3) is 0 Å². The normalized spacial score (nSPS) is 24.6. The molecule has 3 aliphatic heterocycles. The number of nitrogens with zero attached hydrogens (tertiary/aromatic N) is 1. The van der Waals surface area contributed by atoms with Crippen molar-refractivity contribution in [3.8, 4) is 17.2 Å². The number of ether oxygens (including phenoxy) is 5. The van der Waals surface area contributed by atoms with Crippen LogP contribution < -0.4 is 19.5 Å². The van der Waals surface area contributed by atoms with Crippen LogP contribution in [-0.4, -0.2) is 88.0 Å². The number of β-amino-alcohol motifs (C(OH)–C–C–N with tert-alkyl or cyclic N) is 1. The Morgan fingerprint density at radius 3 is 2.70 bits per heavy atom. The molecular weight excluding hydrogens is 416 g/mol. The summed E-state index contributed by atoms with van der Waals surface area (Å²) in [7, 11) is 1.48. The fourth-order valence-electron chi connectivity index (χ4n) is 4.00. The molecule has 2 saturated heterocycles. The number of hydrogen-bond donors (Lipinski definition) is 2. The summed E-state index contributed by atoms with van der Waals surface area (Å²) in [5, 5.41) is 13.7. The molecule has 0 radical (unpaired) electrons. The number of likely N-dealkylation sites (tertiary alicyclic amines) is 1. The predicted octanol–water partition coefficient (Wildman–Crippen LogP) is 0.905. The van der Waals surface area contributed by atoms with Crippen LogP contribution in [0.4, 0.5) is 0 Å². The van der Waals surface area contributed by atoms with Crippen molar-refractivity contribution in [1.29, 1.82) is 0 Å². The van der Waals surface area contributed by atoms with Gasteiger partial charge in [-0.3, -0.25) is 9.69 Å². The minimum absolute atomic E-state index is 0.0441. The van der Waals surface area contributed by atoms with Gasteiger partial charge in [0.1, 0.15) is 13.2 Å². The molecule has 3 aliphatic rings. The van der Waals surface area contributed by atoms with E-state index in [0.29, 0.717) is 63.3 Å². The maximum Gasteiger partial charge on any atom is 0.255 e. The summed E-state index contributed by atoms with van der Waals surface area (Å²) in [5.41, 5.74) is 0.290. The smallest absolute Gasteiger partial charge is 0.255 e. The van der Waals surface area contributed by atoms with Gasteiger partial charge >= 0.3 is 0 Å². The Labute approximate surface area is 180 Å². The summed E-state index contributed by atoms with van der Waals surface area (Å²) in [5.74, 6) is 0.639. The lowest BCUT2D eigenvalue weighted by atomic mass is 9.93. The van der Waals surface area contributed by atoms with Gasteiger partial charge in [0.05, 0.1) is 37.0 Å². The zero-order valence-corrected chi connectivity index (χ0v) is 17.7. The van der Waals surface area contributed by atoms with Crippen molar-refractivity contribution in [2.45, 2.75) is 18.8 Å². The molecular formula is C20H27ClN2O7. The van der Waals surface area contributed by atoms with Gasteiger partial charge < -0.3 is 34.1 Å². The van der Waals surface area contributed by atoms with Gasteiger partial charge in [-0.1, -0.05) is 11.6 Å². The SMILES string of the molecule is COc1c(Cl)cc(C(=O)NC[C@@H]2CCN(CC3OCCO3)CC2O)c2c1OCCO2. The van der Waals surface area contributed by atoms with Crippen molar-refractivity contribution >= 4 is 17.5 Å². The molecule has 2 N–H and O–H groups in total. The van der Waals surface area contributed by atoms with E-state index in [4.69, 9.17) is 35.3 Å². The van der Waals surface area contributed by atoms with Gasteiger partial charge in [0.25, 0.3) is 5.91 Å². The Morgan fingerprint density at radius 1 is 1.27 bits per heavy atom. The van der Waals surface area contributed by atoms with E-state index in [0.717, 1.165) is 13.0 Å². The van der Waals surface area contributed by atoms with Crippen LogP contribution in [0.1, 0.15) is 16.8 Å². The standard InChI is InChI=1S/C20H27ClN2O7/c1-26-18-14(21)8-13(17-19(18)30-7-6-29-17)20(25)22-9-12-2-3-23(10-15(12)24)11-16-27-4-5-28-16/h8,12,15-16,24H,2-7,9-11H2,1H3,(H,22,25)/t12-,15?/m0/s1. The third-order valence-corrected chi connectivity index (χ3v) is 5.88. The van der Waals surface area contributed by atoms with E-state index < -0.39 is 6.10 Å². The quantitative estimate of drug-likeness (QED) is 0.670. The number of aliphatic hydroxyl groups is 1. The third kappa shape index (κ3) is 4.60. The Bertz CT molecular complexity index is 772. The molecule has 4 rings (SSSR count). The second-order valence-corrected chi connectivity index (χ2v) is 7.96. The largest absolute Gasteiger partial charge is 0.491 e. The molecule has 3 heterocycles. The molecule has 0 bridgehead atoms. The highest BCUT2D eigenvalue weighted by molar-refractivity contribution is 6.33. The number of aliphatic hydroxyl groups excluding tert-OH is 1. The van der Waals surface area contributed by atoms with E-state index in [2.05, 4.69) is 10.2 Å². The number of methoxy groups -OCH3 is 1. The number of carbonyl (C=O) groups excluding carboxylic acids is 1. The Kier molecular flexibility index (Phi) is 6.84. The first kappa shape index (κ1) is 21.5. The zero-order chi connectivity index (χ0) is 21.1. The van der Waals surface area contributed by atoms with Crippen molar-refractivity contribution in [2.24, 2.45) is 5.92 Å². The summed E-state index contributed by atoms with van der Waals surface area (Å²) >= 11 is 6.26. The van der Waals surface area contributed by atoms with Crippen molar-refractivity contribution in [3.05, 3.63) is 16.7 Å². The van der Waals surface area contributed by atoms with E-state index in [9.17, 15) is 9.90 Å². The molecule has 2 fully saturated rings. The van der Waals surface area contributed by atoms with Gasteiger partial charge in [-0.05, 0) is 19.0 Å². The van der Waals surface area contributed by atoms with Crippen LogP contribution in [0.5, 0.6) is 17.2 Å². The molecule has 1 amide bonds. The number of hydrogen-bond acceptors (Lipinski definition) is 8. The van der Waals surface area contributed by atoms with Gasteiger partial charge in [-0.2, -0.15) is 0 Å². The number of amides is 1. The highest BCUT2D eigenvalue weighted by atomic mass is 35.5. The molecule has 10 heteroatoms. The van der Waals surface area contributed by atoms with Crippen molar-refractivity contribution < 1.29 is 33.6 Å². The summed E-state index contributed by atoms with van der Waals surface area (Å²) in [4.78, 5) is 15.0. The Morgan fingerprint density at radius 2 is 2.00 bits per heavy atom. The Balaban J connectivity index is 1.35. The second-order valence-electron chi connectivity index (χ2n) is 7.55. The lowest BCUT2D eigenvalue weighted by Crippen LogP contribution is -2.49. The minimum atomic E-state index is -0.548. The second kappa shape index (κ2) is 9.57. The molecule has 166 valence electrons. The lowest BCUT2D eigenvalue weighted by Gasteiger charge is -2.36. The molecule has 1 unspecified atom stereocenters. The number of carbonyl (C=O) groups is 1. The summed E-state index contributed by atoms with van der Waals surface area (Å²) in [6.07, 6.45) is -0.00927. The molecule has 2 atom stereocenters. The molecule has 30 heavy (non-hydrogen) atoms. The van der Waals surface area contributed by atoms with Gasteiger partial charge in [0, 0.05) is 25.6 Å². The fraction of sp³-hybridized carbons (Fsp3) is 0.650. The van der Waals surface area contributed by atoms with Gasteiger partial charge in [0.15, 0.2) is 17.8 Å². The molecule has 1 aromatic carbocycles. The lowest BCUT2D eigenvalue weighted by molar-refractivity contribution is -0.0780. The van der Waals surface area contributed by atoms with Crippen LogP contribution >= 0.6 is 11.6 Å². The van der Waals surface area contributed by atoms with Crippen molar-refractivity contribution in [3.63, 3.8) is 0 Å². The molecule has 1 aromatic rings. The molecule has 0 aromatic heterocycles. The maximum absolute atomic E-state index is 12.8. The highest BCUT2D eigenvalue weighted by Crippen LogP contribution is 2.46. The fourth-order valence-corrected chi connectivity index (χ4v) is 4.28. The number of benzene rings is 1. The van der Waals surface area contributed by atoms with Gasteiger partial charge in [0.2, 0.25) is 5.75 Å². The molecule has 0 saturated carbocycles. The van der Waals surface area contributed by atoms with Crippen LogP contribution in [-0.2, 0) is 9.47 Å². The van der Waals surface area contributed by atoms with Crippen LogP contribution in [0.2, 0.25) is 5.02 Å². The molecule has 9 nitrogen and oxygen atoms in total. The average Bonchev–Trinajstić information content (AvgIpc) is 3.25. The predicted molar refractivity (Wildman–Crippen MR) is 108 cm³/mol. The average molecular weight is 443 g/mol. The summed E-state index contributed by atoms with van der Waals surface area (Å²) < 4.78 is 27.5. The first-order valence-corrected chi connectivity index (χ1v) is 10.5. The number of halogens is 1. The van der Waals surface area contributed by atoms with Crippen LogP contribution in [0.3, 0.4) is 0 Å². The van der Waals surface area contributed by atoms with Crippen LogP contribution in [0.15, 0.2) is 6.07 Å².